The number of aromatic nitrogens is 2. The molecule has 4 heterocycles. The van der Waals surface area contributed by atoms with Crippen LogP contribution < -0.4 is 14.8 Å². The number of benzene rings is 2. The second-order valence-corrected chi connectivity index (χ2v) is 20.9. The van der Waals surface area contributed by atoms with Crippen LogP contribution in [0.3, 0.4) is 0 Å². The summed E-state index contributed by atoms with van der Waals surface area (Å²) in [6.07, 6.45) is -0.872. The topological polar surface area (TPSA) is 129 Å². The van der Waals surface area contributed by atoms with Crippen molar-refractivity contribution < 1.29 is 59.7 Å². The van der Waals surface area contributed by atoms with Crippen molar-refractivity contribution in [2.75, 3.05) is 40.4 Å². The molecule has 2 aromatic heterocycles. The van der Waals surface area contributed by atoms with Gasteiger partial charge in [0.25, 0.3) is 0 Å². The Morgan fingerprint density at radius 1 is 0.643 bits per heavy atom. The number of esters is 2. The van der Waals surface area contributed by atoms with Gasteiger partial charge in [0, 0.05) is 43.5 Å². The van der Waals surface area contributed by atoms with E-state index in [2.05, 4.69) is 61.6 Å². The Morgan fingerprint density at radius 2 is 1.07 bits per heavy atom. The van der Waals surface area contributed by atoms with Gasteiger partial charge >= 0.3 is 24.3 Å². The third kappa shape index (κ3) is 14.7. The zero-order valence-corrected chi connectivity index (χ0v) is 42.0. The number of carbonyl (C=O) groups excluding carboxylic acids is 3. The SMILES string of the molecule is CC(C)(C)C1CCC(Oc2ccc3nc(C=O)cc(C(F)(F)F)c3c2)CC1.COC(=O)C1CN(Cc2cc(C(F)(F)F)c3cc(OC4CCC(C(C)(C)C)CC4)ccc3n2)C1.COC(=O)C1CNC1.Cl. The first-order valence-corrected chi connectivity index (χ1v) is 23.8. The van der Waals surface area contributed by atoms with Gasteiger partial charge in [0.2, 0.25) is 0 Å². The number of nitrogens with one attached hydrogen (secondary N) is 1. The molecule has 11 nitrogen and oxygen atoms in total. The van der Waals surface area contributed by atoms with Crippen LogP contribution in [0.25, 0.3) is 21.8 Å². The van der Waals surface area contributed by atoms with E-state index in [9.17, 15) is 40.7 Å². The van der Waals surface area contributed by atoms with E-state index < -0.39 is 23.5 Å². The number of likely N-dealkylation sites (tertiary alicyclic amines) is 1. The van der Waals surface area contributed by atoms with Gasteiger partial charge in [0.1, 0.15) is 17.2 Å². The fraction of sp³-hybridized carbons (Fsp3) is 0.596. The highest BCUT2D eigenvalue weighted by Crippen LogP contribution is 2.42. The first-order chi connectivity index (χ1) is 32.4. The summed E-state index contributed by atoms with van der Waals surface area (Å²) in [6.45, 7) is 16.2. The van der Waals surface area contributed by atoms with Crippen LogP contribution in [0.2, 0.25) is 0 Å². The standard InChI is InChI=1S/C26H33F3N2O3.C21H24F3NO2.C5H9NO2.ClH/c1-25(2,3)17-5-7-19(8-6-17)34-20-9-10-23-21(12-20)22(26(27,28)29)11-18(30-23)15-31-13-16(14-31)24(32)33-4;1-20(2,3)13-4-6-15(7-5-13)27-16-8-9-19-17(11-16)18(21(22,23)24)10-14(12-26)25-19;1-8-5(7)4-2-6-3-4;/h9-12,16-17,19H,5-8,13-15H2,1-4H3;8-13,15H,4-7H2,1-3H3;4,6H,2-3H2,1H3;1H. The molecule has 0 atom stereocenters. The van der Waals surface area contributed by atoms with Gasteiger partial charge in [0.05, 0.1) is 66.1 Å². The Morgan fingerprint density at radius 3 is 1.44 bits per heavy atom. The lowest BCUT2D eigenvalue weighted by molar-refractivity contribution is -0.151. The molecule has 4 aromatic rings. The van der Waals surface area contributed by atoms with Crippen molar-refractivity contribution in [3.8, 4) is 11.5 Å². The normalized spacial score (nSPS) is 21.3. The second kappa shape index (κ2) is 23.2. The van der Waals surface area contributed by atoms with Gasteiger partial charge in [-0.1, -0.05) is 41.5 Å². The molecule has 386 valence electrons. The van der Waals surface area contributed by atoms with Crippen LogP contribution in [0.15, 0.2) is 48.5 Å². The van der Waals surface area contributed by atoms with E-state index in [1.165, 1.54) is 32.4 Å². The van der Waals surface area contributed by atoms with Crippen molar-refractivity contribution >= 4 is 52.4 Å². The van der Waals surface area contributed by atoms with Gasteiger partial charge in [-0.15, -0.1) is 12.4 Å². The number of pyridine rings is 2. The lowest BCUT2D eigenvalue weighted by atomic mass is 9.72. The molecule has 1 N–H and O–H groups in total. The van der Waals surface area contributed by atoms with Crippen LogP contribution in [0, 0.1) is 34.5 Å². The lowest BCUT2D eigenvalue weighted by Crippen LogP contribution is -2.50. The number of fused-ring (bicyclic) bond motifs is 2. The van der Waals surface area contributed by atoms with Crippen molar-refractivity contribution in [1.82, 2.24) is 20.2 Å². The summed E-state index contributed by atoms with van der Waals surface area (Å²) in [5.41, 5.74) is -0.529. The van der Waals surface area contributed by atoms with Crippen LogP contribution in [-0.4, -0.2) is 85.7 Å². The number of aldehydes is 1. The fourth-order valence-electron chi connectivity index (χ4n) is 9.59. The van der Waals surface area contributed by atoms with E-state index in [1.807, 2.05) is 4.90 Å². The van der Waals surface area contributed by atoms with E-state index in [-0.39, 0.29) is 87.7 Å². The summed E-state index contributed by atoms with van der Waals surface area (Å²) in [6, 6.07) is 11.2. The molecular weight excluding hydrogens is 942 g/mol. The zero-order chi connectivity index (χ0) is 50.5. The molecule has 70 heavy (non-hydrogen) atoms. The average Bonchev–Trinajstić information content (AvgIpc) is 3.25. The maximum Gasteiger partial charge on any atom is 0.417 e. The third-order valence-electron chi connectivity index (χ3n) is 14.0. The monoisotopic (exact) mass is 1010 g/mol. The molecule has 0 radical (unpaired) electrons. The average molecular weight is 1010 g/mol. The molecule has 8 rings (SSSR count). The van der Waals surface area contributed by atoms with Crippen molar-refractivity contribution in [3.05, 3.63) is 71.0 Å². The molecule has 4 fully saturated rings. The molecular formula is C52H67ClF6N4O7. The quantitative estimate of drug-likeness (QED) is 0.0977. The highest BCUT2D eigenvalue weighted by Gasteiger charge is 2.38. The third-order valence-corrected chi connectivity index (χ3v) is 14.0. The van der Waals surface area contributed by atoms with Gasteiger partial charge < -0.3 is 24.3 Å². The number of rotatable bonds is 9. The molecule has 2 aliphatic carbocycles. The van der Waals surface area contributed by atoms with Gasteiger partial charge in [-0.3, -0.25) is 24.3 Å². The van der Waals surface area contributed by atoms with E-state index in [1.54, 1.807) is 18.2 Å². The second-order valence-electron chi connectivity index (χ2n) is 20.9. The number of ether oxygens (including phenoxy) is 4. The summed E-state index contributed by atoms with van der Waals surface area (Å²) in [5.74, 6) is 1.64. The first kappa shape index (κ1) is 56.2. The van der Waals surface area contributed by atoms with Crippen LogP contribution in [-0.2, 0) is 38.0 Å². The van der Waals surface area contributed by atoms with Gasteiger partial charge in [0.15, 0.2) is 6.29 Å². The fourth-order valence-corrected chi connectivity index (χ4v) is 9.59. The minimum Gasteiger partial charge on any atom is -0.490 e. The number of hydrogen-bond donors (Lipinski definition) is 1. The summed E-state index contributed by atoms with van der Waals surface area (Å²) in [4.78, 5) is 43.3. The smallest absolute Gasteiger partial charge is 0.417 e. The summed E-state index contributed by atoms with van der Waals surface area (Å²) in [7, 11) is 2.75. The number of carbonyl (C=O) groups is 3. The Labute approximate surface area is 412 Å². The maximum absolute atomic E-state index is 13.9. The highest BCUT2D eigenvalue weighted by molar-refractivity contribution is 5.88. The molecule has 0 unspecified atom stereocenters. The van der Waals surface area contributed by atoms with E-state index in [4.69, 9.17) is 14.2 Å². The van der Waals surface area contributed by atoms with Crippen molar-refractivity contribution in [2.24, 2.45) is 34.5 Å². The van der Waals surface area contributed by atoms with Gasteiger partial charge in [-0.25, -0.2) is 4.98 Å². The van der Waals surface area contributed by atoms with E-state index in [0.29, 0.717) is 53.9 Å². The lowest BCUT2D eigenvalue weighted by Gasteiger charge is -2.37. The zero-order valence-electron chi connectivity index (χ0n) is 41.2. The molecule has 18 heteroatoms. The van der Waals surface area contributed by atoms with E-state index >= 15 is 0 Å². The molecule has 0 amide bonds. The van der Waals surface area contributed by atoms with Crippen LogP contribution in [0.5, 0.6) is 11.5 Å². The highest BCUT2D eigenvalue weighted by atomic mass is 35.5. The molecule has 0 spiro atoms. The number of methoxy groups -OCH3 is 2. The Hall–Kier alpha value is -4.74. The van der Waals surface area contributed by atoms with Crippen LogP contribution in [0.1, 0.15) is 120 Å². The molecule has 2 saturated carbocycles. The predicted octanol–water partition coefficient (Wildman–Crippen LogP) is 11.7. The maximum atomic E-state index is 13.9. The number of halogens is 7. The van der Waals surface area contributed by atoms with Gasteiger partial charge in [-0.2, -0.15) is 26.3 Å². The predicted molar refractivity (Wildman–Crippen MR) is 257 cm³/mol. The summed E-state index contributed by atoms with van der Waals surface area (Å²) < 4.78 is 103. The molecule has 2 saturated heterocycles. The molecule has 0 bridgehead atoms. The van der Waals surface area contributed by atoms with Crippen molar-refractivity contribution in [3.63, 3.8) is 0 Å². The number of nitrogens with zero attached hydrogens (tertiary/aromatic N) is 3. The molecule has 2 aliphatic heterocycles. The van der Waals surface area contributed by atoms with Crippen LogP contribution >= 0.6 is 12.4 Å². The minimum absolute atomic E-state index is 0. The van der Waals surface area contributed by atoms with Crippen molar-refractivity contribution in [1.29, 1.82) is 0 Å². The number of alkyl halides is 6. The largest absolute Gasteiger partial charge is 0.490 e. The van der Waals surface area contributed by atoms with Gasteiger partial charge in [-0.05, 0) is 123 Å². The Bertz CT molecular complexity index is 2410. The Balaban J connectivity index is 0.000000226. The summed E-state index contributed by atoms with van der Waals surface area (Å²) in [5, 5.41) is 2.98. The minimum atomic E-state index is -4.57. The summed E-state index contributed by atoms with van der Waals surface area (Å²) >= 11 is 0. The molecule has 4 aliphatic rings. The Kier molecular flexibility index (Phi) is 18.6. The first-order valence-electron chi connectivity index (χ1n) is 23.8. The van der Waals surface area contributed by atoms with Crippen molar-refractivity contribution in [2.45, 2.75) is 124 Å². The van der Waals surface area contributed by atoms with E-state index in [0.717, 1.165) is 76.6 Å². The molecule has 2 aromatic carbocycles. The van der Waals surface area contributed by atoms with Crippen LogP contribution in [0.4, 0.5) is 26.3 Å². The number of hydrogen-bond acceptors (Lipinski definition) is 11.